The van der Waals surface area contributed by atoms with Gasteiger partial charge < -0.3 is 10.1 Å². The van der Waals surface area contributed by atoms with Crippen molar-refractivity contribution < 1.29 is 9.13 Å². The molecule has 2 atom stereocenters. The van der Waals surface area contributed by atoms with Gasteiger partial charge in [-0.3, -0.25) is 0 Å². The summed E-state index contributed by atoms with van der Waals surface area (Å²) in [5, 5.41) is 3.58. The van der Waals surface area contributed by atoms with Crippen molar-refractivity contribution in [2.75, 3.05) is 13.7 Å². The molecule has 18 heavy (non-hydrogen) atoms. The lowest BCUT2D eigenvalue weighted by atomic mass is 9.95. The predicted molar refractivity (Wildman–Crippen MR) is 73.1 cm³/mol. The minimum absolute atomic E-state index is 0.186. The average molecular weight is 253 g/mol. The van der Waals surface area contributed by atoms with E-state index in [9.17, 15) is 4.39 Å². The van der Waals surface area contributed by atoms with Gasteiger partial charge in [0.2, 0.25) is 0 Å². The van der Waals surface area contributed by atoms with Crippen LogP contribution < -0.4 is 5.32 Å². The fraction of sp³-hybridized carbons (Fsp3) is 0.600. The Morgan fingerprint density at radius 3 is 2.28 bits per heavy atom. The van der Waals surface area contributed by atoms with E-state index in [0.717, 1.165) is 18.6 Å². The standard InChI is InChI=1S/C15H24FNO/c1-11(2)15(17-12(3)9-10-18-4)13-5-7-14(16)8-6-13/h5-8,11-12,15,17H,9-10H2,1-4H3. The molecule has 0 aromatic heterocycles. The van der Waals surface area contributed by atoms with Crippen molar-refractivity contribution in [1.82, 2.24) is 5.32 Å². The minimum Gasteiger partial charge on any atom is -0.385 e. The Morgan fingerprint density at radius 1 is 1.17 bits per heavy atom. The van der Waals surface area contributed by atoms with E-state index in [1.165, 1.54) is 12.1 Å². The van der Waals surface area contributed by atoms with Gasteiger partial charge in [-0.2, -0.15) is 0 Å². The van der Waals surface area contributed by atoms with Crippen LogP contribution in [0.15, 0.2) is 24.3 Å². The summed E-state index contributed by atoms with van der Waals surface area (Å²) in [5.74, 6) is 0.272. The molecule has 3 heteroatoms. The first-order chi connectivity index (χ1) is 8.54. The largest absolute Gasteiger partial charge is 0.385 e. The molecule has 0 aliphatic rings. The zero-order valence-electron chi connectivity index (χ0n) is 11.7. The van der Waals surface area contributed by atoms with Gasteiger partial charge in [-0.05, 0) is 37.0 Å². The normalized spacial score (nSPS) is 14.8. The highest BCUT2D eigenvalue weighted by atomic mass is 19.1. The van der Waals surface area contributed by atoms with Crippen molar-refractivity contribution in [3.8, 4) is 0 Å². The summed E-state index contributed by atoms with van der Waals surface area (Å²) >= 11 is 0. The van der Waals surface area contributed by atoms with Crippen LogP contribution in [-0.2, 0) is 4.74 Å². The number of benzene rings is 1. The molecule has 2 nitrogen and oxygen atoms in total. The summed E-state index contributed by atoms with van der Waals surface area (Å²) in [6, 6.07) is 7.38. The Bertz CT molecular complexity index is 337. The van der Waals surface area contributed by atoms with E-state index in [1.54, 1.807) is 7.11 Å². The van der Waals surface area contributed by atoms with Gasteiger partial charge in [0.25, 0.3) is 0 Å². The molecule has 2 unspecified atom stereocenters. The van der Waals surface area contributed by atoms with Crippen molar-refractivity contribution in [3.05, 3.63) is 35.6 Å². The van der Waals surface area contributed by atoms with Crippen molar-refractivity contribution in [2.45, 2.75) is 39.3 Å². The molecule has 0 saturated heterocycles. The molecule has 0 radical (unpaired) electrons. The number of nitrogens with one attached hydrogen (secondary N) is 1. The highest BCUT2D eigenvalue weighted by molar-refractivity contribution is 5.20. The third-order valence-corrected chi connectivity index (χ3v) is 3.11. The lowest BCUT2D eigenvalue weighted by Gasteiger charge is -2.27. The highest BCUT2D eigenvalue weighted by Gasteiger charge is 2.17. The van der Waals surface area contributed by atoms with Gasteiger partial charge in [-0.15, -0.1) is 0 Å². The quantitative estimate of drug-likeness (QED) is 0.802. The SMILES string of the molecule is COCCC(C)NC(c1ccc(F)cc1)C(C)C. The monoisotopic (exact) mass is 253 g/mol. The van der Waals surface area contributed by atoms with E-state index in [1.807, 2.05) is 12.1 Å². The Kier molecular flexibility index (Phi) is 6.30. The average Bonchev–Trinajstić information content (AvgIpc) is 2.34. The van der Waals surface area contributed by atoms with Gasteiger partial charge in [0, 0.05) is 25.8 Å². The van der Waals surface area contributed by atoms with Crippen LogP contribution in [0.5, 0.6) is 0 Å². The van der Waals surface area contributed by atoms with Crippen molar-refractivity contribution in [2.24, 2.45) is 5.92 Å². The summed E-state index contributed by atoms with van der Waals surface area (Å²) in [7, 11) is 1.71. The van der Waals surface area contributed by atoms with Crippen LogP contribution in [0.1, 0.15) is 38.8 Å². The Balaban J connectivity index is 2.68. The zero-order chi connectivity index (χ0) is 13.5. The number of hydrogen-bond donors (Lipinski definition) is 1. The number of hydrogen-bond acceptors (Lipinski definition) is 2. The highest BCUT2D eigenvalue weighted by Crippen LogP contribution is 2.22. The molecule has 102 valence electrons. The second kappa shape index (κ2) is 7.49. The summed E-state index contributed by atoms with van der Waals surface area (Å²) in [6.45, 7) is 7.24. The van der Waals surface area contributed by atoms with Crippen molar-refractivity contribution >= 4 is 0 Å². The fourth-order valence-corrected chi connectivity index (χ4v) is 2.03. The maximum atomic E-state index is 12.9. The second-order valence-electron chi connectivity index (χ2n) is 5.12. The van der Waals surface area contributed by atoms with Gasteiger partial charge >= 0.3 is 0 Å². The molecular formula is C15H24FNO. The summed E-state index contributed by atoms with van der Waals surface area (Å²) < 4.78 is 18.0. The van der Waals surface area contributed by atoms with Crippen LogP contribution in [-0.4, -0.2) is 19.8 Å². The van der Waals surface area contributed by atoms with E-state index >= 15 is 0 Å². The van der Waals surface area contributed by atoms with E-state index in [0.29, 0.717) is 12.0 Å². The Hall–Kier alpha value is -0.930. The molecule has 0 heterocycles. The number of rotatable bonds is 7. The molecule has 0 aliphatic heterocycles. The lowest BCUT2D eigenvalue weighted by molar-refractivity contribution is 0.180. The van der Waals surface area contributed by atoms with Crippen LogP contribution in [0, 0.1) is 11.7 Å². The van der Waals surface area contributed by atoms with Crippen LogP contribution >= 0.6 is 0 Å². The molecular weight excluding hydrogens is 229 g/mol. The smallest absolute Gasteiger partial charge is 0.123 e. The summed E-state index contributed by atoms with van der Waals surface area (Å²) in [6.07, 6.45) is 0.973. The second-order valence-corrected chi connectivity index (χ2v) is 5.12. The number of ether oxygens (including phenoxy) is 1. The molecule has 0 spiro atoms. The van der Waals surface area contributed by atoms with E-state index in [2.05, 4.69) is 26.1 Å². The first kappa shape index (κ1) is 15.1. The summed E-state index contributed by atoms with van der Waals surface area (Å²) in [5.41, 5.74) is 1.13. The van der Waals surface area contributed by atoms with Gasteiger partial charge in [-0.25, -0.2) is 4.39 Å². The van der Waals surface area contributed by atoms with Crippen LogP contribution in [0.2, 0.25) is 0 Å². The van der Waals surface area contributed by atoms with Crippen molar-refractivity contribution in [1.29, 1.82) is 0 Å². The number of halogens is 1. The predicted octanol–water partition coefficient (Wildman–Crippen LogP) is 3.54. The third-order valence-electron chi connectivity index (χ3n) is 3.11. The maximum absolute atomic E-state index is 12.9. The first-order valence-electron chi connectivity index (χ1n) is 6.55. The van der Waals surface area contributed by atoms with E-state index in [4.69, 9.17) is 4.74 Å². The molecule has 1 aromatic rings. The first-order valence-corrected chi connectivity index (χ1v) is 6.55. The number of methoxy groups -OCH3 is 1. The van der Waals surface area contributed by atoms with E-state index < -0.39 is 0 Å². The molecule has 1 rings (SSSR count). The zero-order valence-corrected chi connectivity index (χ0v) is 11.7. The topological polar surface area (TPSA) is 21.3 Å². The summed E-state index contributed by atoms with van der Waals surface area (Å²) in [4.78, 5) is 0. The van der Waals surface area contributed by atoms with Crippen LogP contribution in [0.3, 0.4) is 0 Å². The van der Waals surface area contributed by atoms with Gasteiger partial charge in [0.1, 0.15) is 5.82 Å². The minimum atomic E-state index is -0.186. The molecule has 0 fully saturated rings. The lowest BCUT2D eigenvalue weighted by Crippen LogP contribution is -2.34. The maximum Gasteiger partial charge on any atom is 0.123 e. The molecule has 1 N–H and O–H groups in total. The molecule has 0 amide bonds. The Morgan fingerprint density at radius 2 is 1.78 bits per heavy atom. The molecule has 0 saturated carbocycles. The van der Waals surface area contributed by atoms with Crippen molar-refractivity contribution in [3.63, 3.8) is 0 Å². The van der Waals surface area contributed by atoms with Gasteiger partial charge in [0.05, 0.1) is 0 Å². The van der Waals surface area contributed by atoms with Crippen LogP contribution in [0.4, 0.5) is 4.39 Å². The molecule has 0 aliphatic carbocycles. The fourth-order valence-electron chi connectivity index (χ4n) is 2.03. The van der Waals surface area contributed by atoms with Crippen LogP contribution in [0.25, 0.3) is 0 Å². The molecule has 1 aromatic carbocycles. The molecule has 0 bridgehead atoms. The van der Waals surface area contributed by atoms with E-state index in [-0.39, 0.29) is 11.9 Å². The van der Waals surface area contributed by atoms with Gasteiger partial charge in [-0.1, -0.05) is 26.0 Å². The third kappa shape index (κ3) is 4.75. The van der Waals surface area contributed by atoms with Gasteiger partial charge in [0.15, 0.2) is 0 Å². The Labute approximate surface area is 110 Å².